The van der Waals surface area contributed by atoms with Gasteiger partial charge in [-0.25, -0.2) is 4.39 Å². The first kappa shape index (κ1) is 19.7. The molecule has 0 aromatic heterocycles. The third kappa shape index (κ3) is 4.60. The van der Waals surface area contributed by atoms with E-state index in [1.165, 1.54) is 19.2 Å². The first-order chi connectivity index (χ1) is 13.4. The molecule has 2 unspecified atom stereocenters. The Labute approximate surface area is 163 Å². The lowest BCUT2D eigenvalue weighted by atomic mass is 10.1. The number of hydrazine groups is 1. The Morgan fingerprint density at radius 1 is 1.07 bits per heavy atom. The first-order valence-corrected chi connectivity index (χ1v) is 9.09. The monoisotopic (exact) mass is 386 g/mol. The van der Waals surface area contributed by atoms with Crippen LogP contribution in [-0.4, -0.2) is 25.0 Å². The number of amides is 2. The average Bonchev–Trinajstić information content (AvgIpc) is 3.47. The zero-order valence-electron chi connectivity index (χ0n) is 16.0. The number of ether oxygens (including phenoxy) is 2. The molecule has 1 saturated carbocycles. The van der Waals surface area contributed by atoms with E-state index >= 15 is 0 Å². The molecule has 2 amide bonds. The lowest BCUT2D eigenvalue weighted by molar-refractivity contribution is -0.123. The van der Waals surface area contributed by atoms with Crippen LogP contribution in [0.5, 0.6) is 11.5 Å². The lowest BCUT2D eigenvalue weighted by Crippen LogP contribution is -2.42. The van der Waals surface area contributed by atoms with Crippen molar-refractivity contribution in [3.63, 3.8) is 0 Å². The van der Waals surface area contributed by atoms with Gasteiger partial charge in [-0.3, -0.25) is 20.4 Å². The van der Waals surface area contributed by atoms with Crippen LogP contribution in [0, 0.1) is 11.7 Å². The average molecular weight is 386 g/mol. The molecule has 1 aliphatic rings. The molecule has 148 valence electrons. The Morgan fingerprint density at radius 3 is 2.43 bits per heavy atom. The second kappa shape index (κ2) is 8.29. The molecule has 0 bridgehead atoms. The van der Waals surface area contributed by atoms with Gasteiger partial charge in [-0.1, -0.05) is 12.1 Å². The van der Waals surface area contributed by atoms with Crippen molar-refractivity contribution in [1.29, 1.82) is 0 Å². The molecular formula is C21H23FN2O4. The second-order valence-corrected chi connectivity index (χ2v) is 6.98. The maximum Gasteiger partial charge on any atom is 0.269 e. The molecule has 0 aliphatic heterocycles. The van der Waals surface area contributed by atoms with Gasteiger partial charge in [0.05, 0.1) is 13.2 Å². The Bertz CT molecular complexity index is 867. The van der Waals surface area contributed by atoms with Crippen molar-refractivity contribution < 1.29 is 23.5 Å². The van der Waals surface area contributed by atoms with E-state index in [2.05, 4.69) is 10.9 Å². The molecular weight excluding hydrogens is 363 g/mol. The van der Waals surface area contributed by atoms with Crippen LogP contribution in [0.1, 0.15) is 42.1 Å². The molecule has 1 fully saturated rings. The number of rotatable bonds is 6. The Kier molecular flexibility index (Phi) is 5.82. The summed E-state index contributed by atoms with van der Waals surface area (Å²) in [5.74, 6) is -0.245. The summed E-state index contributed by atoms with van der Waals surface area (Å²) in [7, 11) is 1.49. The Hall–Kier alpha value is -3.09. The summed E-state index contributed by atoms with van der Waals surface area (Å²) >= 11 is 0. The number of hydrogen-bond donors (Lipinski definition) is 2. The minimum Gasteiger partial charge on any atom is -0.493 e. The first-order valence-electron chi connectivity index (χ1n) is 9.09. The summed E-state index contributed by atoms with van der Waals surface area (Å²) in [6, 6.07) is 10.9. The van der Waals surface area contributed by atoms with E-state index in [0.717, 1.165) is 5.56 Å². The van der Waals surface area contributed by atoms with Gasteiger partial charge in [-0.2, -0.15) is 0 Å². The largest absolute Gasteiger partial charge is 0.493 e. The smallest absolute Gasteiger partial charge is 0.269 e. The summed E-state index contributed by atoms with van der Waals surface area (Å²) in [6.45, 7) is 3.79. The fraction of sp³-hybridized carbons (Fsp3) is 0.333. The van der Waals surface area contributed by atoms with E-state index in [1.54, 1.807) is 30.3 Å². The van der Waals surface area contributed by atoms with Gasteiger partial charge in [0.1, 0.15) is 5.82 Å². The van der Waals surface area contributed by atoms with E-state index in [4.69, 9.17) is 9.47 Å². The molecule has 6 nitrogen and oxygen atoms in total. The summed E-state index contributed by atoms with van der Waals surface area (Å²) < 4.78 is 23.9. The van der Waals surface area contributed by atoms with Crippen molar-refractivity contribution in [3.05, 3.63) is 59.4 Å². The number of carbonyl (C=O) groups excluding carboxylic acids is 2. The molecule has 2 N–H and O–H groups in total. The van der Waals surface area contributed by atoms with Crippen LogP contribution in [0.4, 0.5) is 4.39 Å². The van der Waals surface area contributed by atoms with Crippen LogP contribution in [-0.2, 0) is 4.79 Å². The van der Waals surface area contributed by atoms with E-state index < -0.39 is 5.91 Å². The van der Waals surface area contributed by atoms with Gasteiger partial charge in [-0.05, 0) is 62.1 Å². The number of carbonyl (C=O) groups is 2. The lowest BCUT2D eigenvalue weighted by Gasteiger charge is -2.14. The van der Waals surface area contributed by atoms with Crippen molar-refractivity contribution in [2.75, 3.05) is 7.11 Å². The minimum absolute atomic E-state index is 0.0274. The molecule has 0 spiro atoms. The molecule has 0 heterocycles. The van der Waals surface area contributed by atoms with Gasteiger partial charge in [0, 0.05) is 11.5 Å². The third-order valence-electron chi connectivity index (χ3n) is 4.51. The molecule has 0 saturated heterocycles. The number of methoxy groups -OCH3 is 1. The standard InChI is InChI=1S/C21H23FN2O4/c1-12(2)28-18-9-6-14(10-19(18)27-3)20(25)23-24-21(26)17-11-16(17)13-4-7-15(22)8-5-13/h4-10,12,16-17H,11H2,1-3H3,(H,23,25)(H,24,26). The van der Waals surface area contributed by atoms with Crippen LogP contribution >= 0.6 is 0 Å². The Balaban J connectivity index is 1.55. The summed E-state index contributed by atoms with van der Waals surface area (Å²) in [5, 5.41) is 0. The highest BCUT2D eigenvalue weighted by molar-refractivity contribution is 5.96. The van der Waals surface area contributed by atoms with Gasteiger partial charge in [-0.15, -0.1) is 0 Å². The predicted molar refractivity (Wildman–Crippen MR) is 102 cm³/mol. The van der Waals surface area contributed by atoms with Crippen LogP contribution in [0.15, 0.2) is 42.5 Å². The van der Waals surface area contributed by atoms with Gasteiger partial charge >= 0.3 is 0 Å². The number of nitrogens with one attached hydrogen (secondary N) is 2. The van der Waals surface area contributed by atoms with Gasteiger partial charge in [0.25, 0.3) is 5.91 Å². The maximum atomic E-state index is 13.0. The van der Waals surface area contributed by atoms with E-state index in [0.29, 0.717) is 23.5 Å². The van der Waals surface area contributed by atoms with Gasteiger partial charge in [0.15, 0.2) is 11.5 Å². The highest BCUT2D eigenvalue weighted by atomic mass is 19.1. The van der Waals surface area contributed by atoms with E-state index in [9.17, 15) is 14.0 Å². The molecule has 2 atom stereocenters. The van der Waals surface area contributed by atoms with Crippen molar-refractivity contribution in [1.82, 2.24) is 10.9 Å². The fourth-order valence-corrected chi connectivity index (χ4v) is 3.01. The molecule has 28 heavy (non-hydrogen) atoms. The quantitative estimate of drug-likeness (QED) is 0.748. The molecule has 0 radical (unpaired) electrons. The third-order valence-corrected chi connectivity index (χ3v) is 4.51. The van der Waals surface area contributed by atoms with Crippen molar-refractivity contribution in [2.24, 2.45) is 5.92 Å². The van der Waals surface area contributed by atoms with Crippen molar-refractivity contribution in [3.8, 4) is 11.5 Å². The van der Waals surface area contributed by atoms with Crippen molar-refractivity contribution >= 4 is 11.8 Å². The summed E-state index contributed by atoms with van der Waals surface area (Å²) in [4.78, 5) is 24.6. The number of halogens is 1. The number of hydrogen-bond acceptors (Lipinski definition) is 4. The highest BCUT2D eigenvalue weighted by Crippen LogP contribution is 2.47. The van der Waals surface area contributed by atoms with E-state index in [1.807, 2.05) is 13.8 Å². The highest BCUT2D eigenvalue weighted by Gasteiger charge is 2.44. The summed E-state index contributed by atoms with van der Waals surface area (Å²) in [6.07, 6.45) is 0.642. The van der Waals surface area contributed by atoms with Crippen molar-refractivity contribution in [2.45, 2.75) is 32.3 Å². The fourth-order valence-electron chi connectivity index (χ4n) is 3.01. The molecule has 1 aliphatic carbocycles. The van der Waals surface area contributed by atoms with Crippen LogP contribution in [0.2, 0.25) is 0 Å². The molecule has 2 aromatic carbocycles. The van der Waals surface area contributed by atoms with Gasteiger partial charge in [0.2, 0.25) is 5.91 Å². The molecule has 3 rings (SSSR count). The van der Waals surface area contributed by atoms with Crippen LogP contribution in [0.3, 0.4) is 0 Å². The second-order valence-electron chi connectivity index (χ2n) is 6.98. The SMILES string of the molecule is COc1cc(C(=O)NNC(=O)C2CC2c2ccc(F)cc2)ccc1OC(C)C. The maximum absolute atomic E-state index is 13.0. The number of benzene rings is 2. The zero-order chi connectivity index (χ0) is 20.3. The molecule has 7 heteroatoms. The van der Waals surface area contributed by atoms with E-state index in [-0.39, 0.29) is 29.7 Å². The van der Waals surface area contributed by atoms with Crippen LogP contribution in [0.25, 0.3) is 0 Å². The zero-order valence-corrected chi connectivity index (χ0v) is 16.0. The minimum atomic E-state index is -0.457. The van der Waals surface area contributed by atoms with Gasteiger partial charge < -0.3 is 9.47 Å². The molecule has 2 aromatic rings. The Morgan fingerprint density at radius 2 is 1.79 bits per heavy atom. The summed E-state index contributed by atoms with van der Waals surface area (Å²) in [5.41, 5.74) is 6.12. The van der Waals surface area contributed by atoms with Crippen LogP contribution < -0.4 is 20.3 Å². The topological polar surface area (TPSA) is 76.7 Å². The predicted octanol–water partition coefficient (Wildman–Crippen LogP) is 3.19. The normalized spacial score (nSPS) is 17.8.